The number of halogens is 1. The van der Waals surface area contributed by atoms with Gasteiger partial charge in [0.15, 0.2) is 0 Å². The summed E-state index contributed by atoms with van der Waals surface area (Å²) in [7, 11) is 3.49. The molecule has 0 bridgehead atoms. The van der Waals surface area contributed by atoms with Crippen molar-refractivity contribution >= 4 is 11.9 Å². The maximum absolute atomic E-state index is 14.3. The van der Waals surface area contributed by atoms with E-state index in [9.17, 15) is 9.18 Å². The summed E-state index contributed by atoms with van der Waals surface area (Å²) in [5.74, 6) is 0.767. The van der Waals surface area contributed by atoms with Crippen LogP contribution in [0.4, 0.5) is 10.3 Å². The van der Waals surface area contributed by atoms with Crippen LogP contribution in [-0.2, 0) is 11.8 Å². The molecule has 9 nitrogen and oxygen atoms in total. The summed E-state index contributed by atoms with van der Waals surface area (Å²) in [4.78, 5) is 23.6. The second kappa shape index (κ2) is 12.8. The Bertz CT molecular complexity index is 1220. The molecule has 0 atom stereocenters. The maximum atomic E-state index is 14.3. The molecule has 204 valence electrons. The zero-order valence-corrected chi connectivity index (χ0v) is 22.7. The lowest BCUT2D eigenvalue weighted by Gasteiger charge is -2.32. The molecule has 1 N–H and O–H groups in total. The number of methoxy groups -OCH3 is 1. The molecule has 38 heavy (non-hydrogen) atoms. The van der Waals surface area contributed by atoms with E-state index in [0.29, 0.717) is 31.4 Å². The van der Waals surface area contributed by atoms with Crippen molar-refractivity contribution < 1.29 is 18.7 Å². The Morgan fingerprint density at radius 1 is 1.16 bits per heavy atom. The number of amides is 1. The lowest BCUT2D eigenvalue weighted by Crippen LogP contribution is -2.34. The van der Waals surface area contributed by atoms with Gasteiger partial charge >= 0.3 is 0 Å². The van der Waals surface area contributed by atoms with Gasteiger partial charge in [-0.25, -0.2) is 14.4 Å². The van der Waals surface area contributed by atoms with Gasteiger partial charge in [-0.3, -0.25) is 9.48 Å². The normalized spacial score (nSPS) is 14.1. The van der Waals surface area contributed by atoms with Gasteiger partial charge in [-0.1, -0.05) is 0 Å². The largest absolute Gasteiger partial charge is 0.493 e. The smallest absolute Gasteiger partial charge is 0.254 e. The molecule has 1 aliphatic heterocycles. The number of aromatic nitrogens is 4. The minimum atomic E-state index is -0.592. The fourth-order valence-electron chi connectivity index (χ4n) is 4.92. The van der Waals surface area contributed by atoms with Crippen molar-refractivity contribution in [1.29, 1.82) is 0 Å². The highest BCUT2D eigenvalue weighted by Gasteiger charge is 2.21. The third-order valence-corrected chi connectivity index (χ3v) is 7.14. The van der Waals surface area contributed by atoms with Crippen molar-refractivity contribution in [2.45, 2.75) is 39.5 Å². The van der Waals surface area contributed by atoms with Crippen LogP contribution in [0.3, 0.4) is 0 Å². The average molecular weight is 525 g/mol. The molecule has 0 aliphatic carbocycles. The number of piperidine rings is 1. The second-order valence-corrected chi connectivity index (χ2v) is 9.75. The molecule has 4 rings (SSSR count). The molecule has 1 saturated heterocycles. The highest BCUT2D eigenvalue weighted by atomic mass is 19.1. The number of aryl methyl sites for hydroxylation is 2. The number of rotatable bonds is 11. The lowest BCUT2D eigenvalue weighted by molar-refractivity contribution is 0.0933. The molecule has 1 amide bonds. The Hall–Kier alpha value is -3.53. The van der Waals surface area contributed by atoms with Gasteiger partial charge in [0.2, 0.25) is 5.95 Å². The highest BCUT2D eigenvalue weighted by molar-refractivity contribution is 5.94. The van der Waals surface area contributed by atoms with Crippen molar-refractivity contribution in [2.24, 2.45) is 13.0 Å². The molecule has 3 heterocycles. The standard InChI is InChI=1S/C28H37FN6O3/c1-19-26(20(2)34(3)33-19)22-17-31-28(32-18-22)35-12-9-21(10-13-35)6-5-14-38-23-7-8-24(25(29)16-23)27(36)30-11-15-37-4/h7-8,16-18,21H,5-6,9-15H2,1-4H3,(H,30,36). The van der Waals surface area contributed by atoms with Gasteiger partial charge in [0.25, 0.3) is 5.91 Å². The van der Waals surface area contributed by atoms with Crippen molar-refractivity contribution in [1.82, 2.24) is 25.1 Å². The molecule has 1 aromatic carbocycles. The second-order valence-electron chi connectivity index (χ2n) is 9.75. The van der Waals surface area contributed by atoms with Gasteiger partial charge in [0, 0.05) is 69.1 Å². The van der Waals surface area contributed by atoms with Crippen LogP contribution >= 0.6 is 0 Å². The topological polar surface area (TPSA) is 94.4 Å². The summed E-state index contributed by atoms with van der Waals surface area (Å²) in [5.41, 5.74) is 4.18. The Morgan fingerprint density at radius 2 is 1.89 bits per heavy atom. The lowest BCUT2D eigenvalue weighted by atomic mass is 9.92. The summed E-state index contributed by atoms with van der Waals surface area (Å²) < 4.78 is 26.9. The monoisotopic (exact) mass is 524 g/mol. The summed E-state index contributed by atoms with van der Waals surface area (Å²) >= 11 is 0. The van der Waals surface area contributed by atoms with Crippen LogP contribution < -0.4 is 15.0 Å². The minimum absolute atomic E-state index is 0.00105. The van der Waals surface area contributed by atoms with E-state index >= 15 is 0 Å². The van der Waals surface area contributed by atoms with Crippen LogP contribution in [0.25, 0.3) is 11.1 Å². The Labute approximate surface area is 223 Å². The first-order valence-electron chi connectivity index (χ1n) is 13.1. The number of carbonyl (C=O) groups excluding carboxylic acids is 1. The summed E-state index contributed by atoms with van der Waals surface area (Å²) in [6.45, 7) is 7.13. The van der Waals surface area contributed by atoms with Crippen molar-refractivity contribution in [3.05, 3.63) is 53.4 Å². The number of ether oxygens (including phenoxy) is 2. The van der Waals surface area contributed by atoms with Gasteiger partial charge < -0.3 is 19.7 Å². The van der Waals surface area contributed by atoms with Crippen molar-refractivity contribution in [3.8, 4) is 16.9 Å². The van der Waals surface area contributed by atoms with Crippen LogP contribution in [0, 0.1) is 25.6 Å². The van der Waals surface area contributed by atoms with E-state index in [1.165, 1.54) is 12.1 Å². The van der Waals surface area contributed by atoms with E-state index in [-0.39, 0.29) is 5.56 Å². The Kier molecular flexibility index (Phi) is 9.28. The van der Waals surface area contributed by atoms with E-state index in [4.69, 9.17) is 9.47 Å². The molecular formula is C28H37FN6O3. The summed E-state index contributed by atoms with van der Waals surface area (Å²) in [6, 6.07) is 4.36. The molecule has 3 aromatic rings. The number of carbonyl (C=O) groups is 1. The van der Waals surface area contributed by atoms with E-state index in [1.807, 2.05) is 31.0 Å². The van der Waals surface area contributed by atoms with Crippen LogP contribution in [-0.4, -0.2) is 65.6 Å². The molecule has 0 unspecified atom stereocenters. The Morgan fingerprint density at radius 3 is 2.53 bits per heavy atom. The maximum Gasteiger partial charge on any atom is 0.254 e. The van der Waals surface area contributed by atoms with E-state index in [1.54, 1.807) is 13.2 Å². The van der Waals surface area contributed by atoms with E-state index in [2.05, 4.69) is 32.2 Å². The molecular weight excluding hydrogens is 487 g/mol. The van der Waals surface area contributed by atoms with Crippen LogP contribution in [0.15, 0.2) is 30.6 Å². The first-order valence-corrected chi connectivity index (χ1v) is 13.1. The van der Waals surface area contributed by atoms with Crippen molar-refractivity contribution in [3.63, 3.8) is 0 Å². The molecule has 0 saturated carbocycles. The molecule has 0 radical (unpaired) electrons. The van der Waals surface area contributed by atoms with Crippen molar-refractivity contribution in [2.75, 3.05) is 44.9 Å². The zero-order chi connectivity index (χ0) is 27.1. The number of hydrogen-bond acceptors (Lipinski definition) is 7. The zero-order valence-electron chi connectivity index (χ0n) is 22.7. The fourth-order valence-corrected chi connectivity index (χ4v) is 4.92. The third kappa shape index (κ3) is 6.66. The van der Waals surface area contributed by atoms with Gasteiger partial charge in [-0.2, -0.15) is 5.10 Å². The van der Waals surface area contributed by atoms with Gasteiger partial charge in [-0.15, -0.1) is 0 Å². The first kappa shape index (κ1) is 27.5. The Balaban J connectivity index is 1.18. The number of hydrogen-bond donors (Lipinski definition) is 1. The summed E-state index contributed by atoms with van der Waals surface area (Å²) in [6.07, 6.45) is 7.88. The third-order valence-electron chi connectivity index (χ3n) is 7.14. The molecule has 0 spiro atoms. The van der Waals surface area contributed by atoms with Crippen LogP contribution in [0.1, 0.15) is 47.4 Å². The molecule has 10 heteroatoms. The van der Waals surface area contributed by atoms with E-state index < -0.39 is 11.7 Å². The first-order chi connectivity index (χ1) is 18.4. The van der Waals surface area contributed by atoms with Gasteiger partial charge in [-0.05, 0) is 57.6 Å². The highest BCUT2D eigenvalue weighted by Crippen LogP contribution is 2.28. The number of anilines is 1. The fraction of sp³-hybridized carbons (Fsp3) is 0.500. The number of nitrogens with zero attached hydrogens (tertiary/aromatic N) is 5. The SMILES string of the molecule is COCCNC(=O)c1ccc(OCCCC2CCN(c3ncc(-c4c(C)nn(C)c4C)cn3)CC2)cc1F. The predicted octanol–water partition coefficient (Wildman–Crippen LogP) is 4.08. The quantitative estimate of drug-likeness (QED) is 0.378. The molecule has 1 fully saturated rings. The number of nitrogens with one attached hydrogen (secondary N) is 1. The van der Waals surface area contributed by atoms with Gasteiger partial charge in [0.05, 0.1) is 24.5 Å². The van der Waals surface area contributed by atoms with Crippen LogP contribution in [0.5, 0.6) is 5.75 Å². The molecule has 2 aromatic heterocycles. The summed E-state index contributed by atoms with van der Waals surface area (Å²) in [5, 5.41) is 7.10. The predicted molar refractivity (Wildman–Crippen MR) is 144 cm³/mol. The van der Waals surface area contributed by atoms with E-state index in [0.717, 1.165) is 67.2 Å². The molecule has 1 aliphatic rings. The number of benzene rings is 1. The average Bonchev–Trinajstić information content (AvgIpc) is 3.17. The van der Waals surface area contributed by atoms with Crippen LogP contribution in [0.2, 0.25) is 0 Å². The minimum Gasteiger partial charge on any atom is -0.493 e. The van der Waals surface area contributed by atoms with Gasteiger partial charge in [0.1, 0.15) is 11.6 Å².